The lowest BCUT2D eigenvalue weighted by Crippen LogP contribution is -2.32. The lowest BCUT2D eigenvalue weighted by atomic mass is 10.2. The molecule has 3 aromatic rings. The first-order chi connectivity index (χ1) is 15.5. The van der Waals surface area contributed by atoms with Crippen LogP contribution in [0.25, 0.3) is 0 Å². The molecule has 1 amide bonds. The zero-order chi connectivity index (χ0) is 22.4. The van der Waals surface area contributed by atoms with Crippen molar-refractivity contribution in [3.8, 4) is 5.75 Å². The van der Waals surface area contributed by atoms with Crippen molar-refractivity contribution in [1.29, 1.82) is 0 Å². The number of carbonyl (C=O) groups is 1. The van der Waals surface area contributed by atoms with Crippen molar-refractivity contribution < 1.29 is 17.9 Å². The Labute approximate surface area is 192 Å². The number of hydrogen-bond donors (Lipinski definition) is 1. The van der Waals surface area contributed by atoms with E-state index in [1.54, 1.807) is 52.3 Å². The number of amides is 1. The average Bonchev–Trinajstić information content (AvgIpc) is 3.17. The Morgan fingerprint density at radius 1 is 1.06 bits per heavy atom. The molecular weight excluding hydrogens is 446 g/mol. The van der Waals surface area contributed by atoms with Crippen LogP contribution in [0.2, 0.25) is 0 Å². The maximum atomic E-state index is 13.0. The molecule has 0 spiro atoms. The predicted molar refractivity (Wildman–Crippen MR) is 125 cm³/mol. The molecule has 1 aliphatic rings. The Morgan fingerprint density at radius 3 is 2.50 bits per heavy atom. The minimum atomic E-state index is -3.58. The Balaban J connectivity index is 1.41. The summed E-state index contributed by atoms with van der Waals surface area (Å²) in [4.78, 5) is 17.0. The molecule has 1 aromatic heterocycles. The molecule has 1 fully saturated rings. The number of nitrogens with one attached hydrogen (secondary N) is 1. The molecular formula is C23H25N3O4S2. The monoisotopic (exact) mass is 471 g/mol. The van der Waals surface area contributed by atoms with Gasteiger partial charge in [-0.3, -0.25) is 4.79 Å². The molecule has 0 aliphatic carbocycles. The van der Waals surface area contributed by atoms with Gasteiger partial charge in [0.25, 0.3) is 5.91 Å². The molecule has 9 heteroatoms. The minimum absolute atomic E-state index is 0.197. The van der Waals surface area contributed by atoms with Crippen LogP contribution in [-0.2, 0) is 16.6 Å². The van der Waals surface area contributed by atoms with Gasteiger partial charge in [-0.25, -0.2) is 13.4 Å². The van der Waals surface area contributed by atoms with Crippen LogP contribution in [0.4, 0.5) is 5.69 Å². The molecule has 1 aliphatic heterocycles. The first kappa shape index (κ1) is 22.4. The number of aromatic nitrogens is 1. The SMILES string of the molecule is O=C(Nc1cccc(S(=O)(=O)N2CCCCCC2)c1)c1ccc(OCc2cscn2)cc1. The molecule has 0 atom stereocenters. The van der Waals surface area contributed by atoms with Crippen LogP contribution in [0.5, 0.6) is 5.75 Å². The number of thiazole rings is 1. The van der Waals surface area contributed by atoms with E-state index >= 15 is 0 Å². The summed E-state index contributed by atoms with van der Waals surface area (Å²) < 4.78 is 33.3. The van der Waals surface area contributed by atoms with Gasteiger partial charge in [0.15, 0.2) is 0 Å². The van der Waals surface area contributed by atoms with E-state index in [1.165, 1.54) is 17.4 Å². The summed E-state index contributed by atoms with van der Waals surface area (Å²) >= 11 is 1.51. The summed E-state index contributed by atoms with van der Waals surface area (Å²) in [6, 6.07) is 13.2. The van der Waals surface area contributed by atoms with Gasteiger partial charge in [0.1, 0.15) is 12.4 Å². The highest BCUT2D eigenvalue weighted by atomic mass is 32.2. The Kier molecular flexibility index (Phi) is 7.19. The zero-order valence-electron chi connectivity index (χ0n) is 17.6. The topological polar surface area (TPSA) is 88.6 Å². The third-order valence-corrected chi connectivity index (χ3v) is 7.81. The Morgan fingerprint density at radius 2 is 1.81 bits per heavy atom. The fourth-order valence-corrected chi connectivity index (χ4v) is 5.64. The molecule has 32 heavy (non-hydrogen) atoms. The summed E-state index contributed by atoms with van der Waals surface area (Å²) in [5, 5.41) is 4.71. The second-order valence-electron chi connectivity index (χ2n) is 7.59. The molecule has 168 valence electrons. The quantitative estimate of drug-likeness (QED) is 0.547. The third-order valence-electron chi connectivity index (χ3n) is 5.28. The molecule has 2 heterocycles. The molecule has 1 N–H and O–H groups in total. The van der Waals surface area contributed by atoms with Crippen LogP contribution in [0.15, 0.2) is 64.3 Å². The van der Waals surface area contributed by atoms with Gasteiger partial charge in [0.2, 0.25) is 10.0 Å². The summed E-state index contributed by atoms with van der Waals surface area (Å²) in [5.41, 5.74) is 3.49. The van der Waals surface area contributed by atoms with Crippen LogP contribution in [0, 0.1) is 0 Å². The van der Waals surface area contributed by atoms with Gasteiger partial charge in [0.05, 0.1) is 16.1 Å². The van der Waals surface area contributed by atoms with Crippen molar-refractivity contribution >= 4 is 33.0 Å². The van der Waals surface area contributed by atoms with E-state index < -0.39 is 10.0 Å². The first-order valence-electron chi connectivity index (χ1n) is 10.5. The van der Waals surface area contributed by atoms with E-state index in [1.807, 2.05) is 5.38 Å². The van der Waals surface area contributed by atoms with E-state index in [0.29, 0.717) is 36.7 Å². The fourth-order valence-electron chi connectivity index (χ4n) is 3.54. The number of hydrogen-bond acceptors (Lipinski definition) is 6. The standard InChI is InChI=1S/C23H25N3O4S2/c27-23(18-8-10-21(11-9-18)30-15-20-16-31-17-24-20)25-19-6-5-7-22(14-19)32(28,29)26-12-3-1-2-4-13-26/h5-11,14,16-17H,1-4,12-13,15H2,(H,25,27). The number of carbonyl (C=O) groups excluding carboxylic acids is 1. The van der Waals surface area contributed by atoms with Gasteiger partial charge in [0, 0.05) is 29.7 Å². The van der Waals surface area contributed by atoms with E-state index in [4.69, 9.17) is 4.74 Å². The van der Waals surface area contributed by atoms with E-state index in [2.05, 4.69) is 10.3 Å². The highest BCUT2D eigenvalue weighted by Crippen LogP contribution is 2.23. The largest absolute Gasteiger partial charge is 0.487 e. The van der Waals surface area contributed by atoms with Gasteiger partial charge in [-0.15, -0.1) is 11.3 Å². The normalized spacial score (nSPS) is 15.1. The molecule has 0 bridgehead atoms. The Bertz CT molecular complexity index is 1140. The van der Waals surface area contributed by atoms with Crippen molar-refractivity contribution in [3.63, 3.8) is 0 Å². The van der Waals surface area contributed by atoms with Crippen LogP contribution >= 0.6 is 11.3 Å². The molecule has 4 rings (SSSR count). The van der Waals surface area contributed by atoms with Gasteiger partial charge >= 0.3 is 0 Å². The highest BCUT2D eigenvalue weighted by molar-refractivity contribution is 7.89. The molecule has 1 saturated heterocycles. The summed E-state index contributed by atoms with van der Waals surface area (Å²) in [5.74, 6) is 0.320. The van der Waals surface area contributed by atoms with Crippen molar-refractivity contribution in [2.45, 2.75) is 37.2 Å². The van der Waals surface area contributed by atoms with Crippen LogP contribution in [-0.4, -0.2) is 36.7 Å². The number of sulfonamides is 1. The predicted octanol–water partition coefficient (Wildman–Crippen LogP) is 4.54. The second-order valence-corrected chi connectivity index (χ2v) is 10.2. The van der Waals surface area contributed by atoms with Crippen LogP contribution in [0.1, 0.15) is 41.7 Å². The maximum absolute atomic E-state index is 13.0. The van der Waals surface area contributed by atoms with Crippen LogP contribution in [0.3, 0.4) is 0 Å². The first-order valence-corrected chi connectivity index (χ1v) is 12.9. The highest BCUT2D eigenvalue weighted by Gasteiger charge is 2.25. The lowest BCUT2D eigenvalue weighted by molar-refractivity contribution is 0.102. The zero-order valence-corrected chi connectivity index (χ0v) is 19.2. The van der Waals surface area contributed by atoms with Gasteiger partial charge in [-0.1, -0.05) is 18.9 Å². The molecule has 2 aromatic carbocycles. The second kappa shape index (κ2) is 10.2. The minimum Gasteiger partial charge on any atom is -0.487 e. The van der Waals surface area contributed by atoms with Crippen molar-refractivity contribution in [3.05, 3.63) is 70.7 Å². The molecule has 7 nitrogen and oxygen atoms in total. The van der Waals surface area contributed by atoms with Crippen molar-refractivity contribution in [2.24, 2.45) is 0 Å². The van der Waals surface area contributed by atoms with Crippen LogP contribution < -0.4 is 10.1 Å². The van der Waals surface area contributed by atoms with Gasteiger partial charge < -0.3 is 10.1 Å². The van der Waals surface area contributed by atoms with E-state index in [-0.39, 0.29) is 10.8 Å². The van der Waals surface area contributed by atoms with E-state index in [0.717, 1.165) is 31.4 Å². The number of benzene rings is 2. The number of nitrogens with zero attached hydrogens (tertiary/aromatic N) is 2. The lowest BCUT2D eigenvalue weighted by Gasteiger charge is -2.20. The maximum Gasteiger partial charge on any atom is 0.255 e. The average molecular weight is 472 g/mol. The third kappa shape index (κ3) is 5.53. The summed E-state index contributed by atoms with van der Waals surface area (Å²) in [6.07, 6.45) is 3.85. The van der Waals surface area contributed by atoms with Crippen molar-refractivity contribution in [1.82, 2.24) is 9.29 Å². The molecule has 0 saturated carbocycles. The molecule has 0 radical (unpaired) electrons. The Hall–Kier alpha value is -2.75. The summed E-state index contributed by atoms with van der Waals surface area (Å²) in [6.45, 7) is 1.44. The number of ether oxygens (including phenoxy) is 1. The van der Waals surface area contributed by atoms with E-state index in [9.17, 15) is 13.2 Å². The molecule has 0 unspecified atom stereocenters. The number of rotatable bonds is 7. The fraction of sp³-hybridized carbons (Fsp3) is 0.304. The summed E-state index contributed by atoms with van der Waals surface area (Å²) in [7, 11) is -3.58. The van der Waals surface area contributed by atoms with Gasteiger partial charge in [-0.05, 0) is 55.3 Å². The smallest absolute Gasteiger partial charge is 0.255 e. The number of anilines is 1. The van der Waals surface area contributed by atoms with Gasteiger partial charge in [-0.2, -0.15) is 4.31 Å². The van der Waals surface area contributed by atoms with Crippen molar-refractivity contribution in [2.75, 3.05) is 18.4 Å².